The van der Waals surface area contributed by atoms with Crippen molar-refractivity contribution in [1.82, 2.24) is 9.55 Å². The lowest BCUT2D eigenvalue weighted by molar-refractivity contribution is -0.146. The van der Waals surface area contributed by atoms with Crippen molar-refractivity contribution in [3.8, 4) is 0 Å². The van der Waals surface area contributed by atoms with E-state index in [1.807, 2.05) is 67.6 Å². The van der Waals surface area contributed by atoms with Gasteiger partial charge in [0.05, 0.1) is 6.61 Å². The number of benzene rings is 3. The van der Waals surface area contributed by atoms with Gasteiger partial charge in [0.25, 0.3) is 11.3 Å². The highest BCUT2D eigenvalue weighted by Gasteiger charge is 2.15. The number of hydrogen-bond acceptors (Lipinski definition) is 6. The van der Waals surface area contributed by atoms with Crippen LogP contribution in [0.15, 0.2) is 94.5 Å². The van der Waals surface area contributed by atoms with Crippen LogP contribution in [-0.4, -0.2) is 31.5 Å². The lowest BCUT2D eigenvalue weighted by Gasteiger charge is -2.16. The van der Waals surface area contributed by atoms with Crippen molar-refractivity contribution in [2.24, 2.45) is 0 Å². The average molecular weight is 555 g/mol. The van der Waals surface area contributed by atoms with E-state index in [1.54, 1.807) is 18.2 Å². The Morgan fingerprint density at radius 1 is 0.854 bits per heavy atom. The van der Waals surface area contributed by atoms with Gasteiger partial charge in [0.15, 0.2) is 0 Å². The third-order valence-corrected chi connectivity index (χ3v) is 6.60. The molecule has 0 unspecified atom stereocenters. The zero-order valence-corrected chi connectivity index (χ0v) is 22.5. The minimum Gasteiger partial charge on any atom is -0.507 e. The second kappa shape index (κ2) is 13.4. The molecule has 0 aliphatic carbocycles. The van der Waals surface area contributed by atoms with Crippen molar-refractivity contribution in [1.29, 1.82) is 0 Å². The van der Waals surface area contributed by atoms with E-state index in [-0.39, 0.29) is 18.9 Å². The molecule has 0 spiro atoms. The van der Waals surface area contributed by atoms with Crippen molar-refractivity contribution < 1.29 is 24.5 Å². The van der Waals surface area contributed by atoms with E-state index in [9.17, 15) is 24.3 Å². The number of carboxylic acids is 1. The van der Waals surface area contributed by atoms with E-state index in [1.165, 1.54) is 4.57 Å². The number of aromatic nitrogens is 2. The molecule has 0 saturated heterocycles. The SMILES string of the molecule is CCc1c(Cc2ccccc2)n(COCc2ccc(Cc3cccc(C(O)=CC(=O)C(=O)O)c3)cc2)c(=O)[nH]c1=O. The summed E-state index contributed by atoms with van der Waals surface area (Å²) in [5.74, 6) is -3.25. The molecule has 0 saturated carbocycles. The lowest BCUT2D eigenvalue weighted by atomic mass is 10.0. The van der Waals surface area contributed by atoms with Crippen LogP contribution < -0.4 is 11.2 Å². The van der Waals surface area contributed by atoms with E-state index in [2.05, 4.69) is 4.98 Å². The third-order valence-electron chi connectivity index (χ3n) is 6.60. The summed E-state index contributed by atoms with van der Waals surface area (Å²) in [6.07, 6.45) is 2.15. The summed E-state index contributed by atoms with van der Waals surface area (Å²) < 4.78 is 7.37. The molecule has 0 aliphatic rings. The topological polar surface area (TPSA) is 139 Å². The predicted octanol–water partition coefficient (Wildman–Crippen LogP) is 4.01. The standard InChI is InChI=1S/C32H30N2O7/c1-2-26-27(17-21-7-4-3-5-8-21)34(32(40)33-30(26)37)20-41-19-23-13-11-22(12-14-23)15-24-9-6-10-25(16-24)28(35)18-29(36)31(38)39/h3-14,16,18,35H,2,15,17,19-20H2,1H3,(H,38,39)(H,33,37,40). The van der Waals surface area contributed by atoms with Gasteiger partial charge in [0.1, 0.15) is 12.5 Å². The molecule has 1 heterocycles. The highest BCUT2D eigenvalue weighted by Crippen LogP contribution is 2.18. The highest BCUT2D eigenvalue weighted by atomic mass is 16.5. The number of carbonyl (C=O) groups is 2. The van der Waals surface area contributed by atoms with Crippen LogP contribution in [0.4, 0.5) is 0 Å². The number of nitrogens with one attached hydrogen (secondary N) is 1. The Labute approximate surface area is 236 Å². The predicted molar refractivity (Wildman–Crippen MR) is 154 cm³/mol. The van der Waals surface area contributed by atoms with Crippen molar-refractivity contribution >= 4 is 17.5 Å². The first-order valence-corrected chi connectivity index (χ1v) is 13.1. The fraction of sp³-hybridized carbons (Fsp3) is 0.188. The molecule has 0 radical (unpaired) electrons. The Balaban J connectivity index is 1.42. The maximum absolute atomic E-state index is 12.7. The normalized spacial score (nSPS) is 11.4. The Morgan fingerprint density at radius 3 is 2.20 bits per heavy atom. The molecule has 0 bridgehead atoms. The maximum Gasteiger partial charge on any atom is 0.376 e. The fourth-order valence-electron chi connectivity index (χ4n) is 4.50. The molecule has 9 heteroatoms. The van der Waals surface area contributed by atoms with Gasteiger partial charge in [-0.15, -0.1) is 0 Å². The number of hydrogen-bond donors (Lipinski definition) is 3. The average Bonchev–Trinajstić information content (AvgIpc) is 2.96. The molecule has 4 aromatic rings. The van der Waals surface area contributed by atoms with E-state index in [0.29, 0.717) is 42.2 Å². The molecule has 3 aromatic carbocycles. The quantitative estimate of drug-likeness (QED) is 0.137. The number of ether oxygens (including phenoxy) is 1. The van der Waals surface area contributed by atoms with Crippen molar-refractivity contribution in [2.45, 2.75) is 39.5 Å². The molecule has 0 fully saturated rings. The summed E-state index contributed by atoms with van der Waals surface area (Å²) in [6.45, 7) is 2.12. The Morgan fingerprint density at radius 2 is 1.51 bits per heavy atom. The maximum atomic E-state index is 12.7. The minimum atomic E-state index is -1.64. The van der Waals surface area contributed by atoms with Crippen molar-refractivity contribution in [3.63, 3.8) is 0 Å². The second-order valence-electron chi connectivity index (χ2n) is 9.50. The van der Waals surface area contributed by atoms with Crippen molar-refractivity contribution in [3.05, 3.63) is 145 Å². The van der Waals surface area contributed by atoms with Gasteiger partial charge in [-0.2, -0.15) is 0 Å². The Bertz CT molecular complexity index is 1680. The summed E-state index contributed by atoms with van der Waals surface area (Å²) in [5.41, 5.74) is 4.40. The van der Waals surface area contributed by atoms with Crippen LogP contribution in [-0.2, 0) is 46.9 Å². The number of aliphatic carboxylic acids is 1. The fourth-order valence-corrected chi connectivity index (χ4v) is 4.50. The summed E-state index contributed by atoms with van der Waals surface area (Å²) >= 11 is 0. The van der Waals surface area contributed by atoms with Gasteiger partial charge >= 0.3 is 11.7 Å². The van der Waals surface area contributed by atoms with E-state index in [4.69, 9.17) is 9.84 Å². The third kappa shape index (κ3) is 7.55. The molecule has 0 amide bonds. The molecular formula is C32H30N2O7. The van der Waals surface area contributed by atoms with Gasteiger partial charge in [-0.1, -0.05) is 79.7 Å². The van der Waals surface area contributed by atoms with Crippen LogP contribution in [0.1, 0.15) is 46.0 Å². The molecule has 41 heavy (non-hydrogen) atoms. The van der Waals surface area contributed by atoms with Gasteiger partial charge in [-0.25, -0.2) is 9.59 Å². The second-order valence-corrected chi connectivity index (χ2v) is 9.50. The van der Waals surface area contributed by atoms with Gasteiger partial charge in [-0.05, 0) is 41.2 Å². The minimum absolute atomic E-state index is 0.0132. The van der Waals surface area contributed by atoms with Gasteiger partial charge in [0.2, 0.25) is 0 Å². The number of aliphatic hydroxyl groups is 1. The molecule has 1 aromatic heterocycles. The van der Waals surface area contributed by atoms with Crippen LogP contribution in [0.2, 0.25) is 0 Å². The first-order valence-electron chi connectivity index (χ1n) is 13.1. The smallest absolute Gasteiger partial charge is 0.376 e. The van der Waals surface area contributed by atoms with Gasteiger partial charge in [0, 0.05) is 29.3 Å². The molecule has 210 valence electrons. The lowest BCUT2D eigenvalue weighted by Crippen LogP contribution is -2.36. The molecular weight excluding hydrogens is 524 g/mol. The van der Waals surface area contributed by atoms with Gasteiger partial charge in [-0.3, -0.25) is 19.1 Å². The summed E-state index contributed by atoms with van der Waals surface area (Å²) in [7, 11) is 0. The van der Waals surface area contributed by atoms with Gasteiger partial charge < -0.3 is 14.9 Å². The number of ketones is 1. The largest absolute Gasteiger partial charge is 0.507 e. The first kappa shape index (κ1) is 29.0. The van der Waals surface area contributed by atoms with Crippen molar-refractivity contribution in [2.75, 3.05) is 0 Å². The van der Waals surface area contributed by atoms with E-state index in [0.717, 1.165) is 22.3 Å². The summed E-state index contributed by atoms with van der Waals surface area (Å²) in [5, 5.41) is 18.8. The molecule has 4 rings (SSSR count). The van der Waals surface area contributed by atoms with E-state index >= 15 is 0 Å². The number of aromatic amines is 1. The molecule has 0 atom stereocenters. The summed E-state index contributed by atoms with van der Waals surface area (Å²) in [4.78, 5) is 49.6. The first-order chi connectivity index (χ1) is 19.7. The number of rotatable bonds is 12. The zero-order valence-electron chi connectivity index (χ0n) is 22.5. The number of nitrogens with zero attached hydrogens (tertiary/aromatic N) is 1. The highest BCUT2D eigenvalue weighted by molar-refractivity contribution is 6.38. The number of H-pyrrole nitrogens is 1. The molecule has 9 nitrogen and oxygen atoms in total. The number of carbonyl (C=O) groups excluding carboxylic acids is 1. The van der Waals surface area contributed by atoms with Crippen LogP contribution in [0.25, 0.3) is 5.76 Å². The van der Waals surface area contributed by atoms with Crippen LogP contribution >= 0.6 is 0 Å². The monoisotopic (exact) mass is 554 g/mol. The Kier molecular flexibility index (Phi) is 9.44. The zero-order chi connectivity index (χ0) is 29.4. The van der Waals surface area contributed by atoms with Crippen LogP contribution in [0.3, 0.4) is 0 Å². The van der Waals surface area contributed by atoms with Crippen LogP contribution in [0, 0.1) is 0 Å². The van der Waals surface area contributed by atoms with E-state index < -0.39 is 23.2 Å². The van der Waals surface area contributed by atoms with Crippen LogP contribution in [0.5, 0.6) is 0 Å². The Hall–Kier alpha value is -5.02. The molecule has 3 N–H and O–H groups in total. The number of aliphatic hydroxyl groups excluding tert-OH is 1. The molecule has 0 aliphatic heterocycles. The summed E-state index contributed by atoms with van der Waals surface area (Å²) in [6, 6.07) is 24.2. The number of carboxylic acid groups (broad SMARTS) is 1.